The molecule has 0 radical (unpaired) electrons. The number of Topliss-reactive ketones (excluding diaryl/α,β-unsaturated/α-hetero) is 2. The molecule has 4 heteroatoms. The molecule has 2 unspecified atom stereocenters. The SMILES string of the molecule is C=CCC(C/C=C\CC(C)(C(=O)C(C)C)N(C)C(C)C)(C(=O)C(C)C)N(C)C(C)C. The lowest BCUT2D eigenvalue weighted by Gasteiger charge is -2.43. The Morgan fingerprint density at radius 2 is 1.20 bits per heavy atom. The van der Waals surface area contributed by atoms with Gasteiger partial charge in [-0.1, -0.05) is 45.9 Å². The highest BCUT2D eigenvalue weighted by molar-refractivity contribution is 5.91. The van der Waals surface area contributed by atoms with Crippen LogP contribution in [0.15, 0.2) is 24.8 Å². The van der Waals surface area contributed by atoms with Crippen LogP contribution in [0.2, 0.25) is 0 Å². The van der Waals surface area contributed by atoms with Crippen molar-refractivity contribution in [2.45, 2.75) is 105 Å². The first-order valence-corrected chi connectivity index (χ1v) is 11.5. The summed E-state index contributed by atoms with van der Waals surface area (Å²) in [6.45, 7) is 22.3. The topological polar surface area (TPSA) is 40.6 Å². The number of nitrogens with zero attached hydrogens (tertiary/aromatic N) is 2. The van der Waals surface area contributed by atoms with Crippen LogP contribution in [0, 0.1) is 11.8 Å². The van der Waals surface area contributed by atoms with E-state index in [2.05, 4.69) is 56.2 Å². The highest BCUT2D eigenvalue weighted by Gasteiger charge is 2.42. The second kappa shape index (κ2) is 12.0. The fourth-order valence-electron chi connectivity index (χ4n) is 4.22. The van der Waals surface area contributed by atoms with E-state index in [1.807, 2.05) is 54.8 Å². The van der Waals surface area contributed by atoms with Gasteiger partial charge in [0.15, 0.2) is 11.6 Å². The maximum Gasteiger partial charge on any atom is 0.156 e. The molecule has 0 heterocycles. The smallest absolute Gasteiger partial charge is 0.156 e. The Morgan fingerprint density at radius 3 is 1.57 bits per heavy atom. The molecular formula is C26H48N2O2. The lowest BCUT2D eigenvalue weighted by molar-refractivity contribution is -0.135. The number of rotatable bonds is 14. The number of carbonyl (C=O) groups excluding carboxylic acids is 2. The summed E-state index contributed by atoms with van der Waals surface area (Å²) in [5.74, 6) is 0.403. The molecule has 0 rings (SSSR count). The van der Waals surface area contributed by atoms with Gasteiger partial charge >= 0.3 is 0 Å². The first kappa shape index (κ1) is 28.7. The van der Waals surface area contributed by atoms with Gasteiger partial charge in [0, 0.05) is 23.9 Å². The zero-order chi connectivity index (χ0) is 23.9. The molecule has 2 atom stereocenters. The highest BCUT2D eigenvalue weighted by atomic mass is 16.1. The van der Waals surface area contributed by atoms with E-state index in [4.69, 9.17) is 0 Å². The normalized spacial score (nSPS) is 16.8. The number of hydrogen-bond donors (Lipinski definition) is 0. The van der Waals surface area contributed by atoms with Crippen molar-refractivity contribution in [2.75, 3.05) is 14.1 Å². The lowest BCUT2D eigenvalue weighted by Crippen LogP contribution is -2.56. The van der Waals surface area contributed by atoms with Crippen LogP contribution in [-0.2, 0) is 9.59 Å². The van der Waals surface area contributed by atoms with Gasteiger partial charge in [0.1, 0.15) is 0 Å². The van der Waals surface area contributed by atoms with Gasteiger partial charge in [0.25, 0.3) is 0 Å². The third-order valence-electron chi connectivity index (χ3n) is 6.66. The summed E-state index contributed by atoms with van der Waals surface area (Å²) in [6.07, 6.45) is 7.90. The molecule has 0 aliphatic carbocycles. The van der Waals surface area contributed by atoms with Crippen LogP contribution in [0.25, 0.3) is 0 Å². The van der Waals surface area contributed by atoms with E-state index in [0.717, 1.165) is 0 Å². The fourth-order valence-corrected chi connectivity index (χ4v) is 4.22. The van der Waals surface area contributed by atoms with Gasteiger partial charge in [0.05, 0.1) is 11.1 Å². The second-order valence-corrected chi connectivity index (χ2v) is 10.1. The van der Waals surface area contributed by atoms with Crippen molar-refractivity contribution in [1.82, 2.24) is 9.80 Å². The standard InChI is InChI=1S/C26H48N2O2/c1-13-16-26(24(30)20(4)5,28(12)22(8)9)18-15-14-17-25(10,23(29)19(2)3)27(11)21(6)7/h13-15,19-22H,1,16-18H2,2-12H3/b15-14-. The fraction of sp³-hybridized carbons (Fsp3) is 0.769. The Labute approximate surface area is 186 Å². The van der Waals surface area contributed by atoms with E-state index in [-0.39, 0.29) is 35.5 Å². The Morgan fingerprint density at radius 1 is 0.767 bits per heavy atom. The van der Waals surface area contributed by atoms with Crippen LogP contribution in [0.5, 0.6) is 0 Å². The molecule has 0 aromatic rings. The molecule has 174 valence electrons. The molecule has 0 spiro atoms. The van der Waals surface area contributed by atoms with Crippen LogP contribution in [0.1, 0.15) is 81.6 Å². The van der Waals surface area contributed by atoms with Crippen molar-refractivity contribution in [3.05, 3.63) is 24.8 Å². The minimum Gasteiger partial charge on any atom is -0.297 e. The van der Waals surface area contributed by atoms with Crippen LogP contribution in [0.4, 0.5) is 0 Å². The molecule has 30 heavy (non-hydrogen) atoms. The minimum atomic E-state index is -0.608. The number of ketones is 2. The summed E-state index contributed by atoms with van der Waals surface area (Å²) in [5.41, 5.74) is -1.17. The van der Waals surface area contributed by atoms with Crippen molar-refractivity contribution in [1.29, 1.82) is 0 Å². The maximum absolute atomic E-state index is 13.3. The highest BCUT2D eigenvalue weighted by Crippen LogP contribution is 2.31. The van der Waals surface area contributed by atoms with E-state index in [1.54, 1.807) is 0 Å². The van der Waals surface area contributed by atoms with E-state index in [9.17, 15) is 9.59 Å². The van der Waals surface area contributed by atoms with Gasteiger partial charge in [0.2, 0.25) is 0 Å². The summed E-state index contributed by atoms with van der Waals surface area (Å²) in [5, 5.41) is 0. The summed E-state index contributed by atoms with van der Waals surface area (Å²) in [6, 6.07) is 0.501. The number of hydrogen-bond acceptors (Lipinski definition) is 4. The first-order valence-electron chi connectivity index (χ1n) is 11.5. The summed E-state index contributed by atoms with van der Waals surface area (Å²) >= 11 is 0. The average molecular weight is 421 g/mol. The monoisotopic (exact) mass is 420 g/mol. The quantitative estimate of drug-likeness (QED) is 0.347. The molecule has 0 fully saturated rings. The number of likely N-dealkylation sites (N-methyl/N-ethyl adjacent to an activating group) is 2. The average Bonchev–Trinajstić information content (AvgIpc) is 2.67. The van der Waals surface area contributed by atoms with E-state index < -0.39 is 11.1 Å². The zero-order valence-corrected chi connectivity index (χ0v) is 21.6. The van der Waals surface area contributed by atoms with Gasteiger partial charge in [-0.15, -0.1) is 6.58 Å². The van der Waals surface area contributed by atoms with E-state index in [1.165, 1.54) is 0 Å². The van der Waals surface area contributed by atoms with E-state index in [0.29, 0.717) is 19.3 Å². The van der Waals surface area contributed by atoms with Crippen molar-refractivity contribution < 1.29 is 9.59 Å². The Balaban J connectivity index is 5.92. The van der Waals surface area contributed by atoms with Crippen molar-refractivity contribution in [2.24, 2.45) is 11.8 Å². The van der Waals surface area contributed by atoms with Crippen LogP contribution >= 0.6 is 0 Å². The summed E-state index contributed by atoms with van der Waals surface area (Å²) in [7, 11) is 4.05. The molecule has 0 bridgehead atoms. The van der Waals surface area contributed by atoms with Crippen molar-refractivity contribution in [3.63, 3.8) is 0 Å². The van der Waals surface area contributed by atoms with Gasteiger partial charge in [-0.3, -0.25) is 19.4 Å². The molecule has 0 aliphatic rings. The molecule has 0 saturated heterocycles. The van der Waals surface area contributed by atoms with E-state index >= 15 is 0 Å². The van der Waals surface area contributed by atoms with Crippen LogP contribution in [-0.4, -0.2) is 58.6 Å². The van der Waals surface area contributed by atoms with Crippen LogP contribution < -0.4 is 0 Å². The Bertz CT molecular complexity index is 606. The van der Waals surface area contributed by atoms with Crippen molar-refractivity contribution >= 4 is 11.6 Å². The largest absolute Gasteiger partial charge is 0.297 e. The second-order valence-electron chi connectivity index (χ2n) is 10.1. The summed E-state index contributed by atoms with van der Waals surface area (Å²) < 4.78 is 0. The molecule has 0 saturated carbocycles. The van der Waals surface area contributed by atoms with Gasteiger partial charge in [-0.2, -0.15) is 0 Å². The molecule has 0 aromatic carbocycles. The van der Waals surface area contributed by atoms with Gasteiger partial charge in [-0.25, -0.2) is 0 Å². The van der Waals surface area contributed by atoms with Gasteiger partial charge < -0.3 is 0 Å². The molecule has 0 aromatic heterocycles. The van der Waals surface area contributed by atoms with Gasteiger partial charge in [-0.05, 0) is 68.0 Å². The molecule has 0 N–H and O–H groups in total. The Hall–Kier alpha value is -1.26. The van der Waals surface area contributed by atoms with Crippen molar-refractivity contribution in [3.8, 4) is 0 Å². The minimum absolute atomic E-state index is 0.0287. The third kappa shape index (κ3) is 6.62. The summed E-state index contributed by atoms with van der Waals surface area (Å²) in [4.78, 5) is 30.7. The van der Waals surface area contributed by atoms with Crippen LogP contribution in [0.3, 0.4) is 0 Å². The molecule has 4 nitrogen and oxygen atoms in total. The maximum atomic E-state index is 13.3. The zero-order valence-electron chi connectivity index (χ0n) is 21.6. The predicted molar refractivity (Wildman–Crippen MR) is 130 cm³/mol. The third-order valence-corrected chi connectivity index (χ3v) is 6.66. The predicted octanol–water partition coefficient (Wildman–Crippen LogP) is 5.53. The lowest BCUT2D eigenvalue weighted by atomic mass is 9.78. The molecule has 0 amide bonds. The molecular weight excluding hydrogens is 372 g/mol. The first-order chi connectivity index (χ1) is 13.7. The number of carbonyl (C=O) groups is 2. The Kier molecular flexibility index (Phi) is 11.4. The molecule has 0 aliphatic heterocycles.